The van der Waals surface area contributed by atoms with E-state index in [2.05, 4.69) is 31.4 Å². The van der Waals surface area contributed by atoms with Crippen molar-refractivity contribution in [2.75, 3.05) is 31.3 Å². The van der Waals surface area contributed by atoms with Crippen molar-refractivity contribution in [3.05, 3.63) is 48.0 Å². The zero-order valence-corrected chi connectivity index (χ0v) is 20.1. The number of carbonyl (C=O) groups excluding carboxylic acids is 1. The van der Waals surface area contributed by atoms with Gasteiger partial charge in [0.15, 0.2) is 0 Å². The highest BCUT2D eigenvalue weighted by atomic mass is 32.2. The van der Waals surface area contributed by atoms with E-state index in [1.807, 2.05) is 24.3 Å². The quantitative estimate of drug-likeness (QED) is 0.637. The van der Waals surface area contributed by atoms with Crippen LogP contribution in [0, 0.1) is 0 Å². The molecule has 0 bridgehead atoms. The minimum atomic E-state index is -3.71. The van der Waals surface area contributed by atoms with E-state index in [4.69, 9.17) is 4.74 Å². The minimum absolute atomic E-state index is 0.0373. The van der Waals surface area contributed by atoms with Crippen LogP contribution in [0.2, 0.25) is 0 Å². The SMILES string of the molecule is CCOc1ccc(NC(C)C(=O)Nc2ccc(C(C)(C)C)cc2)cc1S(=O)(=O)N(C)C. The average Bonchev–Trinajstić information content (AvgIpc) is 2.68. The lowest BCUT2D eigenvalue weighted by molar-refractivity contribution is -0.116. The fraction of sp³-hybridized carbons (Fsp3) is 0.435. The highest BCUT2D eigenvalue weighted by Crippen LogP contribution is 2.29. The summed E-state index contributed by atoms with van der Waals surface area (Å²) >= 11 is 0. The number of sulfonamides is 1. The molecule has 170 valence electrons. The van der Waals surface area contributed by atoms with Crippen LogP contribution < -0.4 is 15.4 Å². The van der Waals surface area contributed by atoms with E-state index in [0.29, 0.717) is 18.0 Å². The maximum Gasteiger partial charge on any atom is 0.246 e. The normalized spacial score (nSPS) is 13.0. The molecule has 0 spiro atoms. The summed E-state index contributed by atoms with van der Waals surface area (Å²) in [6.45, 7) is 10.3. The van der Waals surface area contributed by atoms with Crippen molar-refractivity contribution in [2.24, 2.45) is 0 Å². The number of hydrogen-bond acceptors (Lipinski definition) is 5. The first-order valence-electron chi connectivity index (χ1n) is 10.2. The van der Waals surface area contributed by atoms with Gasteiger partial charge >= 0.3 is 0 Å². The predicted molar refractivity (Wildman–Crippen MR) is 125 cm³/mol. The summed E-state index contributed by atoms with van der Waals surface area (Å²) in [5.74, 6) is 0.0483. The van der Waals surface area contributed by atoms with Crippen LogP contribution in [0.3, 0.4) is 0 Å². The maximum atomic E-state index is 12.7. The van der Waals surface area contributed by atoms with Crippen molar-refractivity contribution in [3.8, 4) is 5.75 Å². The summed E-state index contributed by atoms with van der Waals surface area (Å²) in [6.07, 6.45) is 0. The molecule has 1 amide bonds. The van der Waals surface area contributed by atoms with Gasteiger partial charge in [0.25, 0.3) is 0 Å². The second-order valence-electron chi connectivity index (χ2n) is 8.56. The Labute approximate surface area is 185 Å². The predicted octanol–water partition coefficient (Wildman–Crippen LogP) is 4.07. The van der Waals surface area contributed by atoms with Gasteiger partial charge in [-0.05, 0) is 55.2 Å². The molecule has 0 radical (unpaired) electrons. The van der Waals surface area contributed by atoms with Crippen molar-refractivity contribution < 1.29 is 17.9 Å². The van der Waals surface area contributed by atoms with E-state index < -0.39 is 16.1 Å². The maximum absolute atomic E-state index is 12.7. The van der Waals surface area contributed by atoms with Gasteiger partial charge < -0.3 is 15.4 Å². The fourth-order valence-electron chi connectivity index (χ4n) is 2.89. The number of hydrogen-bond donors (Lipinski definition) is 2. The fourth-order valence-corrected chi connectivity index (χ4v) is 3.94. The number of nitrogens with one attached hydrogen (secondary N) is 2. The van der Waals surface area contributed by atoms with Gasteiger partial charge in [-0.15, -0.1) is 0 Å². The largest absolute Gasteiger partial charge is 0.492 e. The number of ether oxygens (including phenoxy) is 1. The van der Waals surface area contributed by atoms with E-state index >= 15 is 0 Å². The molecule has 0 aliphatic rings. The number of benzene rings is 2. The number of amides is 1. The van der Waals surface area contributed by atoms with Crippen LogP contribution >= 0.6 is 0 Å². The monoisotopic (exact) mass is 447 g/mol. The van der Waals surface area contributed by atoms with Gasteiger partial charge in [0, 0.05) is 25.5 Å². The first-order chi connectivity index (χ1) is 14.4. The van der Waals surface area contributed by atoms with Crippen LogP contribution in [0.5, 0.6) is 5.75 Å². The Morgan fingerprint density at radius 1 is 1.06 bits per heavy atom. The highest BCUT2D eigenvalue weighted by Gasteiger charge is 2.24. The third kappa shape index (κ3) is 6.21. The molecule has 8 heteroatoms. The molecule has 2 rings (SSSR count). The van der Waals surface area contributed by atoms with E-state index in [0.717, 1.165) is 4.31 Å². The Morgan fingerprint density at radius 2 is 1.65 bits per heavy atom. The molecule has 0 saturated heterocycles. The Hall–Kier alpha value is -2.58. The van der Waals surface area contributed by atoms with E-state index in [1.165, 1.54) is 25.7 Å². The molecule has 7 nitrogen and oxygen atoms in total. The number of nitrogens with zero attached hydrogens (tertiary/aromatic N) is 1. The standard InChI is InChI=1S/C23H33N3O4S/c1-8-30-20-14-13-19(15-21(20)31(28,29)26(6)7)24-16(2)22(27)25-18-11-9-17(10-12-18)23(3,4)5/h9-16,24H,8H2,1-7H3,(H,25,27). The van der Waals surface area contributed by atoms with Gasteiger partial charge in [-0.1, -0.05) is 32.9 Å². The molecule has 0 aromatic heterocycles. The summed E-state index contributed by atoms with van der Waals surface area (Å²) in [5.41, 5.74) is 2.43. The topological polar surface area (TPSA) is 87.7 Å². The Balaban J connectivity index is 2.17. The van der Waals surface area contributed by atoms with E-state index in [-0.39, 0.29) is 22.0 Å². The van der Waals surface area contributed by atoms with Crippen LogP contribution in [-0.2, 0) is 20.2 Å². The number of anilines is 2. The summed E-state index contributed by atoms with van der Waals surface area (Å²) in [4.78, 5) is 12.7. The Morgan fingerprint density at radius 3 is 2.16 bits per heavy atom. The molecule has 0 aliphatic carbocycles. The van der Waals surface area contributed by atoms with Crippen LogP contribution in [0.15, 0.2) is 47.4 Å². The molecule has 0 saturated carbocycles. The smallest absolute Gasteiger partial charge is 0.246 e. The summed E-state index contributed by atoms with van der Waals surface area (Å²) in [5, 5.41) is 5.95. The molecule has 2 aromatic carbocycles. The van der Waals surface area contributed by atoms with Crippen LogP contribution in [0.25, 0.3) is 0 Å². The average molecular weight is 448 g/mol. The van der Waals surface area contributed by atoms with Gasteiger partial charge in [0.1, 0.15) is 16.7 Å². The zero-order chi connectivity index (χ0) is 23.4. The van der Waals surface area contributed by atoms with Crippen molar-refractivity contribution >= 4 is 27.3 Å². The van der Waals surface area contributed by atoms with Gasteiger partial charge in [0.05, 0.1) is 6.61 Å². The third-order valence-electron chi connectivity index (χ3n) is 4.80. The Kier molecular flexibility index (Phi) is 7.72. The van der Waals surface area contributed by atoms with Gasteiger partial charge in [-0.25, -0.2) is 12.7 Å². The molecular formula is C23H33N3O4S. The number of rotatable bonds is 8. The van der Waals surface area contributed by atoms with Gasteiger partial charge in [-0.2, -0.15) is 0 Å². The molecule has 2 aromatic rings. The molecule has 1 unspecified atom stereocenters. The van der Waals surface area contributed by atoms with Crippen molar-refractivity contribution in [1.29, 1.82) is 0 Å². The highest BCUT2D eigenvalue weighted by molar-refractivity contribution is 7.89. The summed E-state index contributed by atoms with van der Waals surface area (Å²) < 4.78 is 32.0. The zero-order valence-electron chi connectivity index (χ0n) is 19.3. The van der Waals surface area contributed by atoms with E-state index in [1.54, 1.807) is 26.0 Å². The molecule has 31 heavy (non-hydrogen) atoms. The molecule has 0 aliphatic heterocycles. The summed E-state index contributed by atoms with van der Waals surface area (Å²) in [7, 11) is -0.776. The van der Waals surface area contributed by atoms with Crippen molar-refractivity contribution in [1.82, 2.24) is 4.31 Å². The van der Waals surface area contributed by atoms with Crippen LogP contribution in [0.4, 0.5) is 11.4 Å². The molecule has 1 atom stereocenters. The second kappa shape index (κ2) is 9.70. The molecule has 0 fully saturated rings. The summed E-state index contributed by atoms with van der Waals surface area (Å²) in [6, 6.07) is 11.9. The lowest BCUT2D eigenvalue weighted by Crippen LogP contribution is -2.32. The van der Waals surface area contributed by atoms with Crippen LogP contribution in [0.1, 0.15) is 40.2 Å². The van der Waals surface area contributed by atoms with Crippen LogP contribution in [-0.4, -0.2) is 45.4 Å². The molecule has 2 N–H and O–H groups in total. The number of carbonyl (C=O) groups is 1. The van der Waals surface area contributed by atoms with Gasteiger partial charge in [0.2, 0.25) is 15.9 Å². The first-order valence-corrected chi connectivity index (χ1v) is 11.7. The van der Waals surface area contributed by atoms with E-state index in [9.17, 15) is 13.2 Å². The van der Waals surface area contributed by atoms with Crippen molar-refractivity contribution in [3.63, 3.8) is 0 Å². The van der Waals surface area contributed by atoms with Crippen molar-refractivity contribution in [2.45, 2.75) is 51.0 Å². The molecular weight excluding hydrogens is 414 g/mol. The third-order valence-corrected chi connectivity index (χ3v) is 6.63. The minimum Gasteiger partial charge on any atom is -0.492 e. The second-order valence-corrected chi connectivity index (χ2v) is 10.7. The lowest BCUT2D eigenvalue weighted by Gasteiger charge is -2.20. The first kappa shape index (κ1) is 24.7. The molecule has 0 heterocycles. The lowest BCUT2D eigenvalue weighted by atomic mass is 9.87. The van der Waals surface area contributed by atoms with Gasteiger partial charge in [-0.3, -0.25) is 4.79 Å². The Bertz CT molecular complexity index is 1010.